The van der Waals surface area contributed by atoms with E-state index in [2.05, 4.69) is 20.5 Å². The number of fused-ring (bicyclic) bond motifs is 4. The summed E-state index contributed by atoms with van der Waals surface area (Å²) in [5.74, 6) is -0.201. The predicted molar refractivity (Wildman–Crippen MR) is 219 cm³/mol. The van der Waals surface area contributed by atoms with Crippen LogP contribution in [0.5, 0.6) is 5.75 Å². The lowest BCUT2D eigenvalue weighted by molar-refractivity contribution is -0.167. The lowest BCUT2D eigenvalue weighted by Crippen LogP contribution is -2.55. The summed E-state index contributed by atoms with van der Waals surface area (Å²) in [6, 6.07) is 30.4. The molecule has 300 valence electrons. The van der Waals surface area contributed by atoms with Crippen LogP contribution in [0.2, 0.25) is 0 Å². The van der Waals surface area contributed by atoms with Gasteiger partial charge in [0.05, 0.1) is 17.0 Å². The number of ether oxygens (including phenoxy) is 1. The maximum atomic E-state index is 14.0. The van der Waals surface area contributed by atoms with Crippen molar-refractivity contribution in [2.24, 2.45) is 5.92 Å². The Bertz CT molecular complexity index is 2310. The Hall–Kier alpha value is -5.82. The normalized spacial score (nSPS) is 20.4. The van der Waals surface area contributed by atoms with E-state index in [0.29, 0.717) is 72.5 Å². The number of nitrogens with zero attached hydrogens (tertiary/aromatic N) is 2. The van der Waals surface area contributed by atoms with Crippen molar-refractivity contribution in [3.63, 3.8) is 0 Å². The van der Waals surface area contributed by atoms with E-state index in [1.54, 1.807) is 41.3 Å². The van der Waals surface area contributed by atoms with Crippen molar-refractivity contribution in [1.82, 2.24) is 25.4 Å². The minimum Gasteiger partial charge on any atom is -0.506 e. The van der Waals surface area contributed by atoms with E-state index in [4.69, 9.17) is 4.74 Å². The molecule has 4 aromatic carbocycles. The zero-order chi connectivity index (χ0) is 40.2. The number of esters is 1. The topological polar surface area (TPSA) is 164 Å². The molecule has 0 radical (unpaired) electrons. The Kier molecular flexibility index (Phi) is 11.4. The first-order valence-electron chi connectivity index (χ1n) is 20.1. The maximum absolute atomic E-state index is 14.0. The molecule has 5 heterocycles. The summed E-state index contributed by atoms with van der Waals surface area (Å²) in [5.41, 5.74) is 3.53. The third kappa shape index (κ3) is 8.27. The molecule has 5 aromatic rings. The number of benzene rings is 4. The van der Waals surface area contributed by atoms with Crippen LogP contribution in [0.3, 0.4) is 0 Å². The number of piperidine rings is 4. The second-order valence-corrected chi connectivity index (χ2v) is 15.8. The van der Waals surface area contributed by atoms with E-state index in [9.17, 15) is 29.4 Å². The van der Waals surface area contributed by atoms with E-state index in [-0.39, 0.29) is 41.7 Å². The number of aromatic nitrogens is 1. The largest absolute Gasteiger partial charge is 0.506 e. The molecule has 1 aromatic heterocycles. The van der Waals surface area contributed by atoms with Crippen LogP contribution < -0.4 is 16.2 Å². The number of H-pyrrole nitrogens is 1. The summed E-state index contributed by atoms with van der Waals surface area (Å²) in [4.78, 5) is 59.2. The van der Waals surface area contributed by atoms with Crippen molar-refractivity contribution in [1.29, 1.82) is 0 Å². The van der Waals surface area contributed by atoms with Crippen molar-refractivity contribution in [2.45, 2.75) is 56.4 Å². The molecule has 4 saturated heterocycles. The average molecular weight is 784 g/mol. The SMILES string of the molecule is O=C(NCc1ccc(CNCC(O)c2ccc(O)c3[nH]c(=O)ccc23)cc1)c1ccc(C(=O)N2CCC(C(=O)O[C@H]3CN4CCC3CC4)(c3ccccc3)CC2)cc1. The molecule has 4 fully saturated rings. The van der Waals surface area contributed by atoms with Crippen LogP contribution in [-0.2, 0) is 28.0 Å². The molecule has 58 heavy (non-hydrogen) atoms. The van der Waals surface area contributed by atoms with Crippen molar-refractivity contribution < 1.29 is 29.3 Å². The molecular formula is C46H49N5O7. The number of aliphatic hydroxyl groups excluding tert-OH is 1. The highest BCUT2D eigenvalue weighted by Gasteiger charge is 2.47. The quantitative estimate of drug-likeness (QED) is 0.112. The molecule has 5 N–H and O–H groups in total. The van der Waals surface area contributed by atoms with Crippen LogP contribution in [0.1, 0.15) is 74.8 Å². The number of aromatic hydroxyl groups is 1. The van der Waals surface area contributed by atoms with Crippen LogP contribution >= 0.6 is 0 Å². The van der Waals surface area contributed by atoms with Crippen molar-refractivity contribution in [2.75, 3.05) is 39.3 Å². The number of rotatable bonds is 12. The predicted octanol–water partition coefficient (Wildman–Crippen LogP) is 4.80. The van der Waals surface area contributed by atoms with Gasteiger partial charge in [0.1, 0.15) is 11.9 Å². The third-order valence-electron chi connectivity index (χ3n) is 12.3. The Morgan fingerprint density at radius 1 is 0.810 bits per heavy atom. The molecule has 0 aliphatic carbocycles. The van der Waals surface area contributed by atoms with Crippen LogP contribution in [0, 0.1) is 5.92 Å². The number of likely N-dealkylation sites (tertiary alicyclic amines) is 1. The molecular weight excluding hydrogens is 735 g/mol. The first-order chi connectivity index (χ1) is 28.2. The minimum absolute atomic E-state index is 0.0568. The maximum Gasteiger partial charge on any atom is 0.317 e. The van der Waals surface area contributed by atoms with Gasteiger partial charge in [0.15, 0.2) is 0 Å². The second-order valence-electron chi connectivity index (χ2n) is 15.8. The van der Waals surface area contributed by atoms with Gasteiger partial charge in [-0.25, -0.2) is 0 Å². The lowest BCUT2D eigenvalue weighted by Gasteiger charge is -2.46. The monoisotopic (exact) mass is 783 g/mol. The lowest BCUT2D eigenvalue weighted by atomic mass is 9.72. The van der Waals surface area contributed by atoms with Gasteiger partial charge in [0.2, 0.25) is 5.56 Å². The molecule has 2 bridgehead atoms. The van der Waals surface area contributed by atoms with Gasteiger partial charge in [-0.2, -0.15) is 0 Å². The Balaban J connectivity index is 0.810. The molecule has 1 unspecified atom stereocenters. The van der Waals surface area contributed by atoms with Gasteiger partial charge in [-0.1, -0.05) is 60.7 Å². The molecule has 0 spiro atoms. The van der Waals surface area contributed by atoms with Crippen LogP contribution in [0.25, 0.3) is 10.9 Å². The standard InChI is InChI=1S/C46H49N5O7/c52-38-16-14-36(37-15-17-41(54)49-42(37)38)39(53)28-47-26-30-6-8-31(9-7-30)27-48-43(55)33-10-12-34(13-11-33)44(56)51-24-20-46(21-25-51,35-4-2-1-3-5-35)45(57)58-40-29-50-22-18-32(40)19-23-50/h1-17,32,39-40,47,52-53H,18-29H2,(H,48,55)(H,49,54)/t39?,40-/m0/s1. The molecule has 12 nitrogen and oxygen atoms in total. The van der Waals surface area contributed by atoms with Crippen LogP contribution in [0.15, 0.2) is 108 Å². The van der Waals surface area contributed by atoms with Crippen molar-refractivity contribution >= 4 is 28.7 Å². The van der Waals surface area contributed by atoms with Gasteiger partial charge in [-0.3, -0.25) is 24.1 Å². The number of amides is 2. The number of nitrogens with one attached hydrogen (secondary N) is 3. The molecule has 2 atom stereocenters. The number of aromatic amines is 1. The third-order valence-corrected chi connectivity index (χ3v) is 12.3. The zero-order valence-corrected chi connectivity index (χ0v) is 32.4. The van der Waals surface area contributed by atoms with E-state index in [1.807, 2.05) is 54.6 Å². The molecule has 0 saturated carbocycles. The second kappa shape index (κ2) is 17.0. The summed E-state index contributed by atoms with van der Waals surface area (Å²) >= 11 is 0. The number of hydrogen-bond acceptors (Lipinski definition) is 9. The van der Waals surface area contributed by atoms with Crippen LogP contribution in [0.4, 0.5) is 0 Å². The van der Waals surface area contributed by atoms with E-state index < -0.39 is 11.5 Å². The summed E-state index contributed by atoms with van der Waals surface area (Å²) in [6.07, 6.45) is 2.15. The smallest absolute Gasteiger partial charge is 0.317 e. The first-order valence-corrected chi connectivity index (χ1v) is 20.1. The number of phenolic OH excluding ortho intramolecular Hbond substituents is 1. The molecule has 12 heteroatoms. The highest BCUT2D eigenvalue weighted by Crippen LogP contribution is 2.39. The van der Waals surface area contributed by atoms with E-state index in [0.717, 1.165) is 49.2 Å². The molecule has 4 aliphatic rings. The number of carbonyl (C=O) groups is 3. The summed E-state index contributed by atoms with van der Waals surface area (Å²) in [5, 5.41) is 27.7. The Morgan fingerprint density at radius 2 is 1.48 bits per heavy atom. The highest BCUT2D eigenvalue weighted by atomic mass is 16.5. The molecule has 2 amide bonds. The van der Waals surface area contributed by atoms with Crippen molar-refractivity contribution in [3.05, 3.63) is 147 Å². The van der Waals surface area contributed by atoms with Crippen molar-refractivity contribution in [3.8, 4) is 5.75 Å². The molecule has 4 aliphatic heterocycles. The highest BCUT2D eigenvalue weighted by molar-refractivity contribution is 5.98. The number of hydrogen-bond donors (Lipinski definition) is 5. The Labute approximate surface area is 336 Å². The number of pyridine rings is 1. The average Bonchev–Trinajstić information content (AvgIpc) is 3.26. The number of carbonyl (C=O) groups excluding carboxylic acids is 3. The van der Waals surface area contributed by atoms with Gasteiger partial charge >= 0.3 is 5.97 Å². The minimum atomic E-state index is -0.863. The fourth-order valence-corrected chi connectivity index (χ4v) is 8.77. The fraction of sp³-hybridized carbons (Fsp3) is 0.348. The van der Waals surface area contributed by atoms with E-state index in [1.165, 1.54) is 12.1 Å². The van der Waals surface area contributed by atoms with Gasteiger partial charge in [-0.05, 0) is 103 Å². The molecule has 9 rings (SSSR count). The Morgan fingerprint density at radius 3 is 2.16 bits per heavy atom. The zero-order valence-electron chi connectivity index (χ0n) is 32.4. The summed E-state index contributed by atoms with van der Waals surface area (Å²) < 4.78 is 6.30. The van der Waals surface area contributed by atoms with Gasteiger partial charge in [-0.15, -0.1) is 0 Å². The van der Waals surface area contributed by atoms with Crippen LogP contribution in [-0.4, -0.2) is 88.2 Å². The number of phenols is 1. The number of aliphatic hydroxyl groups is 1. The van der Waals surface area contributed by atoms with Gasteiger partial charge in [0, 0.05) is 61.8 Å². The van der Waals surface area contributed by atoms with Gasteiger partial charge in [0.25, 0.3) is 11.8 Å². The van der Waals surface area contributed by atoms with Gasteiger partial charge < -0.3 is 35.5 Å². The fourth-order valence-electron chi connectivity index (χ4n) is 8.77. The summed E-state index contributed by atoms with van der Waals surface area (Å²) in [7, 11) is 0. The first kappa shape index (κ1) is 39.0. The van der Waals surface area contributed by atoms with E-state index >= 15 is 0 Å². The summed E-state index contributed by atoms with van der Waals surface area (Å²) in [6.45, 7) is 4.86.